The van der Waals surface area contributed by atoms with E-state index in [9.17, 15) is 9.59 Å². The van der Waals surface area contributed by atoms with Crippen molar-refractivity contribution in [3.8, 4) is 0 Å². The van der Waals surface area contributed by atoms with Gasteiger partial charge in [-0.05, 0) is 43.4 Å². The number of aryl methyl sites for hydroxylation is 1. The second-order valence-electron chi connectivity index (χ2n) is 5.31. The molecule has 0 bridgehead atoms. The number of aliphatic carboxylic acids is 1. The average Bonchev–Trinajstić information content (AvgIpc) is 2.71. The molecule has 5 heteroatoms. The topological polar surface area (TPSA) is 57.6 Å². The van der Waals surface area contributed by atoms with Gasteiger partial charge in [-0.2, -0.15) is 0 Å². The molecule has 1 aromatic heterocycles. The monoisotopic (exact) mass is 293 g/mol. The third-order valence-electron chi connectivity index (χ3n) is 3.65. The minimum absolute atomic E-state index is 0.0278. The Kier molecular flexibility index (Phi) is 4.60. The summed E-state index contributed by atoms with van der Waals surface area (Å²) in [6, 6.07) is 1.84. The van der Waals surface area contributed by atoms with Gasteiger partial charge >= 0.3 is 5.97 Å². The van der Waals surface area contributed by atoms with Gasteiger partial charge in [0, 0.05) is 24.5 Å². The zero-order valence-corrected chi connectivity index (χ0v) is 12.6. The van der Waals surface area contributed by atoms with E-state index in [0.29, 0.717) is 10.8 Å². The van der Waals surface area contributed by atoms with Gasteiger partial charge in [0.15, 0.2) is 0 Å². The van der Waals surface area contributed by atoms with Gasteiger partial charge in [0.25, 0.3) is 5.91 Å². The maximum absolute atomic E-state index is 12.3. The van der Waals surface area contributed by atoms with Gasteiger partial charge in [-0.3, -0.25) is 4.79 Å². The predicted octanol–water partition coefficient (Wildman–Crippen LogP) is 3.03. The smallest absolute Gasteiger partial charge is 0.328 e. The molecule has 1 aliphatic carbocycles. The Hall–Kier alpha value is -1.62. The van der Waals surface area contributed by atoms with Gasteiger partial charge in [0.2, 0.25) is 0 Å². The van der Waals surface area contributed by atoms with Crippen LogP contribution in [0.2, 0.25) is 0 Å². The average molecular weight is 293 g/mol. The Labute approximate surface area is 122 Å². The number of amides is 1. The van der Waals surface area contributed by atoms with Crippen LogP contribution in [0.5, 0.6) is 0 Å². The van der Waals surface area contributed by atoms with Crippen molar-refractivity contribution in [2.75, 3.05) is 13.6 Å². The fraction of sp³-hybridized carbons (Fsp3) is 0.467. The van der Waals surface area contributed by atoms with Crippen LogP contribution in [-0.2, 0) is 4.79 Å². The Morgan fingerprint density at radius 3 is 2.75 bits per heavy atom. The first-order valence-electron chi connectivity index (χ1n) is 6.74. The van der Waals surface area contributed by atoms with Crippen LogP contribution < -0.4 is 0 Å². The van der Waals surface area contributed by atoms with Gasteiger partial charge in [-0.25, -0.2) is 4.79 Å². The van der Waals surface area contributed by atoms with Gasteiger partial charge in [0.05, 0.1) is 4.88 Å². The highest BCUT2D eigenvalue weighted by Crippen LogP contribution is 2.28. The molecule has 0 atom stereocenters. The van der Waals surface area contributed by atoms with Crippen molar-refractivity contribution in [2.45, 2.75) is 26.2 Å². The second-order valence-corrected chi connectivity index (χ2v) is 6.40. The van der Waals surface area contributed by atoms with E-state index in [1.807, 2.05) is 20.0 Å². The Morgan fingerprint density at radius 2 is 2.20 bits per heavy atom. The number of thiophene rings is 1. The van der Waals surface area contributed by atoms with Crippen LogP contribution in [0.1, 0.15) is 39.4 Å². The van der Waals surface area contributed by atoms with Gasteiger partial charge in [-0.1, -0.05) is 6.42 Å². The van der Waals surface area contributed by atoms with Crippen LogP contribution in [-0.4, -0.2) is 35.5 Å². The SMILES string of the molecule is Cc1cc(C(=O)N(C)CC2CCC2)sc1/C=C/C(=O)O. The number of hydrogen-bond donors (Lipinski definition) is 1. The van der Waals surface area contributed by atoms with E-state index in [4.69, 9.17) is 5.11 Å². The molecule has 0 spiro atoms. The molecule has 2 rings (SSSR count). The lowest BCUT2D eigenvalue weighted by Gasteiger charge is -2.29. The van der Waals surface area contributed by atoms with Crippen molar-refractivity contribution in [1.82, 2.24) is 4.90 Å². The summed E-state index contributed by atoms with van der Waals surface area (Å²) in [7, 11) is 1.84. The third kappa shape index (κ3) is 3.48. The quantitative estimate of drug-likeness (QED) is 0.849. The molecule has 0 aliphatic heterocycles. The van der Waals surface area contributed by atoms with E-state index >= 15 is 0 Å². The summed E-state index contributed by atoms with van der Waals surface area (Å²) in [5, 5.41) is 8.65. The Morgan fingerprint density at radius 1 is 1.50 bits per heavy atom. The standard InChI is InChI=1S/C15H19NO3S/c1-10-8-13(20-12(10)6-7-14(17)18)15(19)16(2)9-11-4-3-5-11/h6-8,11H,3-5,9H2,1-2H3,(H,17,18)/b7-6+. The lowest BCUT2D eigenvalue weighted by molar-refractivity contribution is -0.131. The molecule has 0 saturated heterocycles. The fourth-order valence-corrected chi connectivity index (χ4v) is 3.32. The van der Waals surface area contributed by atoms with Gasteiger partial charge in [-0.15, -0.1) is 11.3 Å². The second kappa shape index (κ2) is 6.22. The molecule has 1 heterocycles. The van der Waals surface area contributed by atoms with E-state index in [0.717, 1.165) is 23.1 Å². The molecule has 1 saturated carbocycles. The molecule has 0 aromatic carbocycles. The summed E-state index contributed by atoms with van der Waals surface area (Å²) >= 11 is 1.35. The molecule has 0 radical (unpaired) electrons. The zero-order chi connectivity index (χ0) is 14.7. The summed E-state index contributed by atoms with van der Waals surface area (Å²) in [4.78, 5) is 26.1. The summed E-state index contributed by atoms with van der Waals surface area (Å²) in [5.74, 6) is -0.302. The van der Waals surface area contributed by atoms with E-state index < -0.39 is 5.97 Å². The largest absolute Gasteiger partial charge is 0.478 e. The minimum Gasteiger partial charge on any atom is -0.478 e. The molecule has 1 fully saturated rings. The maximum Gasteiger partial charge on any atom is 0.328 e. The van der Waals surface area contributed by atoms with Gasteiger partial charge in [0.1, 0.15) is 0 Å². The number of rotatable bonds is 5. The van der Waals surface area contributed by atoms with Crippen molar-refractivity contribution < 1.29 is 14.7 Å². The number of hydrogen-bond acceptors (Lipinski definition) is 3. The lowest BCUT2D eigenvalue weighted by atomic mass is 9.85. The van der Waals surface area contributed by atoms with Crippen LogP contribution in [0.3, 0.4) is 0 Å². The number of carbonyl (C=O) groups is 2. The predicted molar refractivity (Wildman–Crippen MR) is 80.0 cm³/mol. The molecule has 0 unspecified atom stereocenters. The highest BCUT2D eigenvalue weighted by Gasteiger charge is 2.23. The maximum atomic E-state index is 12.3. The number of carboxylic acids is 1. The molecule has 20 heavy (non-hydrogen) atoms. The molecule has 1 aliphatic rings. The molecular formula is C15H19NO3S. The molecule has 108 valence electrons. The summed E-state index contributed by atoms with van der Waals surface area (Å²) in [6.07, 6.45) is 6.35. The van der Waals surface area contributed by atoms with Crippen molar-refractivity contribution >= 4 is 29.3 Å². The van der Waals surface area contributed by atoms with Crippen molar-refractivity contribution in [3.63, 3.8) is 0 Å². The van der Waals surface area contributed by atoms with Crippen LogP contribution in [0.4, 0.5) is 0 Å². The zero-order valence-electron chi connectivity index (χ0n) is 11.8. The van der Waals surface area contributed by atoms with Crippen LogP contribution >= 0.6 is 11.3 Å². The molecular weight excluding hydrogens is 274 g/mol. The first kappa shape index (κ1) is 14.8. The van der Waals surface area contributed by atoms with Crippen LogP contribution in [0, 0.1) is 12.8 Å². The first-order valence-corrected chi connectivity index (χ1v) is 7.56. The van der Waals surface area contributed by atoms with E-state index in [1.54, 1.807) is 11.0 Å². The Bertz CT molecular complexity index is 543. The number of nitrogens with zero attached hydrogens (tertiary/aromatic N) is 1. The van der Waals surface area contributed by atoms with E-state index in [1.165, 1.54) is 30.6 Å². The van der Waals surface area contributed by atoms with Gasteiger partial charge < -0.3 is 10.0 Å². The van der Waals surface area contributed by atoms with E-state index in [2.05, 4.69) is 0 Å². The molecule has 1 amide bonds. The highest BCUT2D eigenvalue weighted by atomic mass is 32.1. The van der Waals surface area contributed by atoms with Crippen molar-refractivity contribution in [3.05, 3.63) is 27.5 Å². The first-order chi connectivity index (χ1) is 9.47. The van der Waals surface area contributed by atoms with E-state index in [-0.39, 0.29) is 5.91 Å². The lowest BCUT2D eigenvalue weighted by Crippen LogP contribution is -2.33. The summed E-state index contributed by atoms with van der Waals surface area (Å²) in [5.41, 5.74) is 0.938. The van der Waals surface area contributed by atoms with Crippen molar-refractivity contribution in [2.24, 2.45) is 5.92 Å². The molecule has 1 N–H and O–H groups in total. The number of carboxylic acid groups (broad SMARTS) is 1. The third-order valence-corrected chi connectivity index (χ3v) is 4.84. The molecule has 4 nitrogen and oxygen atoms in total. The summed E-state index contributed by atoms with van der Waals surface area (Å²) < 4.78 is 0. The van der Waals surface area contributed by atoms with Crippen LogP contribution in [0.25, 0.3) is 6.08 Å². The number of carbonyl (C=O) groups excluding carboxylic acids is 1. The molecule has 1 aromatic rings. The minimum atomic E-state index is -0.979. The highest BCUT2D eigenvalue weighted by molar-refractivity contribution is 7.15. The normalized spacial score (nSPS) is 15.3. The van der Waals surface area contributed by atoms with Crippen LogP contribution in [0.15, 0.2) is 12.1 Å². The van der Waals surface area contributed by atoms with Crippen molar-refractivity contribution in [1.29, 1.82) is 0 Å². The fourth-order valence-electron chi connectivity index (χ4n) is 2.25. The summed E-state index contributed by atoms with van der Waals surface area (Å²) in [6.45, 7) is 2.71. The Balaban J connectivity index is 2.05.